The number of guanidine groups is 1. The molecule has 1 heterocycles. The van der Waals surface area contributed by atoms with Crippen molar-refractivity contribution in [1.29, 1.82) is 0 Å². The van der Waals surface area contributed by atoms with E-state index in [9.17, 15) is 19.1 Å². The van der Waals surface area contributed by atoms with Gasteiger partial charge in [0.25, 0.3) is 11.8 Å². The molecule has 0 bridgehead atoms. The molecule has 1 aliphatic heterocycles. The zero-order valence-electron chi connectivity index (χ0n) is 31.1. The number of rotatable bonds is 18. The van der Waals surface area contributed by atoms with E-state index in [0.717, 1.165) is 12.1 Å². The van der Waals surface area contributed by atoms with Crippen LogP contribution in [0.4, 0.5) is 15.8 Å². The Morgan fingerprint density at radius 2 is 1.50 bits per heavy atom. The number of amides is 2. The first-order valence-corrected chi connectivity index (χ1v) is 18.2. The number of halogens is 1. The molecule has 3 aromatic rings. The average Bonchev–Trinajstić information content (AvgIpc) is 3.35. The van der Waals surface area contributed by atoms with Gasteiger partial charge in [0.05, 0.1) is 33.0 Å². The van der Waals surface area contributed by atoms with E-state index in [-0.39, 0.29) is 35.9 Å². The lowest BCUT2D eigenvalue weighted by Gasteiger charge is -2.18. The number of nitrogens with zero attached hydrogens (tertiary/aromatic N) is 3. The zero-order chi connectivity index (χ0) is 38.5. The Morgan fingerprint density at radius 1 is 0.852 bits per heavy atom. The minimum atomic E-state index is -0.350. The summed E-state index contributed by atoms with van der Waals surface area (Å²) < 4.78 is 25.5. The lowest BCUT2D eigenvalue weighted by molar-refractivity contribution is 0.0512. The predicted octanol–water partition coefficient (Wildman–Crippen LogP) is 6.90. The SMILES string of the molecule is CC=C(F)C(=CCC)CNC(=O)c1ccc(NC2=NC(Nc3ccc(O)cc3)=NC(=NCCOCCOCCNC(=O)c3ccccc3)CC2CC)cc1. The van der Waals surface area contributed by atoms with Gasteiger partial charge in [-0.15, -0.1) is 0 Å². The van der Waals surface area contributed by atoms with Crippen LogP contribution in [-0.4, -0.2) is 80.6 Å². The van der Waals surface area contributed by atoms with Crippen molar-refractivity contribution >= 4 is 40.8 Å². The van der Waals surface area contributed by atoms with Crippen LogP contribution in [0.15, 0.2) is 117 Å². The number of aliphatic imine (C=N–C) groups is 3. The maximum Gasteiger partial charge on any atom is 0.251 e. The molecule has 0 fully saturated rings. The number of anilines is 2. The summed E-state index contributed by atoms with van der Waals surface area (Å²) >= 11 is 0. The van der Waals surface area contributed by atoms with Crippen LogP contribution in [-0.2, 0) is 9.47 Å². The summed E-state index contributed by atoms with van der Waals surface area (Å²) in [6.07, 6.45) is 5.08. The molecule has 0 spiro atoms. The van der Waals surface area contributed by atoms with E-state index in [0.29, 0.717) is 92.4 Å². The fraction of sp³-hybridized carbons (Fsp3) is 0.341. The molecular weight excluding hydrogens is 689 g/mol. The van der Waals surface area contributed by atoms with E-state index in [1.807, 2.05) is 25.1 Å². The smallest absolute Gasteiger partial charge is 0.251 e. The number of hydrogen-bond donors (Lipinski definition) is 5. The molecule has 0 aliphatic carbocycles. The molecule has 1 aliphatic rings. The predicted molar refractivity (Wildman–Crippen MR) is 213 cm³/mol. The van der Waals surface area contributed by atoms with E-state index >= 15 is 0 Å². The molecule has 5 N–H and O–H groups in total. The summed E-state index contributed by atoms with van der Waals surface area (Å²) in [5, 5.41) is 22.0. The molecule has 0 radical (unpaired) electrons. The number of carbonyl (C=O) groups excluding carboxylic acids is 2. The standard InChI is InChI=1S/C41H50FN7O5/c1-4-10-32(36(42)6-3)28-45-40(52)31-13-15-33(16-14-31)46-38-29(5-2)27-37(48-41(49-38)47-34-17-19-35(50)20-18-34)43-21-23-53-25-26-54-24-22-44-39(51)30-11-8-7-9-12-30/h6-20,29,50H,4-5,21-28H2,1-3H3,(H,44,51)(H,45,52)(H2,43,46,47,48,49). The topological polar surface area (TPSA) is 158 Å². The third-order valence-electron chi connectivity index (χ3n) is 8.23. The summed E-state index contributed by atoms with van der Waals surface area (Å²) in [5.41, 5.74) is 2.92. The number of carbonyl (C=O) groups is 2. The number of phenolic OH excluding ortho intramolecular Hbond substituents is 1. The molecule has 0 saturated carbocycles. The van der Waals surface area contributed by atoms with E-state index in [4.69, 9.17) is 24.5 Å². The van der Waals surface area contributed by atoms with Crippen LogP contribution in [0, 0.1) is 5.92 Å². The fourth-order valence-corrected chi connectivity index (χ4v) is 5.32. The first kappa shape index (κ1) is 41.1. The van der Waals surface area contributed by atoms with Crippen molar-refractivity contribution in [3.05, 3.63) is 114 Å². The van der Waals surface area contributed by atoms with Gasteiger partial charge in [0.15, 0.2) is 0 Å². The highest BCUT2D eigenvalue weighted by Gasteiger charge is 2.22. The third-order valence-corrected chi connectivity index (χ3v) is 8.23. The Labute approximate surface area is 316 Å². The second-order valence-corrected chi connectivity index (χ2v) is 12.2. The van der Waals surface area contributed by atoms with Crippen LogP contribution >= 0.6 is 0 Å². The van der Waals surface area contributed by atoms with Gasteiger partial charge in [-0.25, -0.2) is 4.39 Å². The molecule has 3 aromatic carbocycles. The van der Waals surface area contributed by atoms with Crippen LogP contribution in [0.25, 0.3) is 0 Å². The van der Waals surface area contributed by atoms with Gasteiger partial charge in [-0.05, 0) is 80.4 Å². The van der Waals surface area contributed by atoms with Crippen LogP contribution in [0.3, 0.4) is 0 Å². The molecule has 2 amide bonds. The number of ether oxygens (including phenoxy) is 2. The highest BCUT2D eigenvalue weighted by Crippen LogP contribution is 2.21. The first-order chi connectivity index (χ1) is 26.3. The first-order valence-electron chi connectivity index (χ1n) is 18.2. The number of allylic oxidation sites excluding steroid dienone is 2. The number of hydrogen-bond acceptors (Lipinski definition) is 9. The Kier molecular flexibility index (Phi) is 17.1. The summed E-state index contributed by atoms with van der Waals surface area (Å²) in [6, 6.07) is 22.6. The summed E-state index contributed by atoms with van der Waals surface area (Å²) in [6.45, 7) is 8.01. The number of benzene rings is 3. The number of aromatic hydroxyl groups is 1. The van der Waals surface area contributed by atoms with Gasteiger partial charge in [0.2, 0.25) is 5.96 Å². The quantitative estimate of drug-likeness (QED) is 0.0540. The normalized spacial score (nSPS) is 15.6. The van der Waals surface area contributed by atoms with Gasteiger partial charge >= 0.3 is 0 Å². The largest absolute Gasteiger partial charge is 0.508 e. The second-order valence-electron chi connectivity index (χ2n) is 12.2. The number of nitrogens with one attached hydrogen (secondary N) is 4. The maximum absolute atomic E-state index is 14.2. The van der Waals surface area contributed by atoms with Crippen molar-refractivity contribution in [2.45, 2.75) is 40.0 Å². The Hall–Kier alpha value is -5.66. The fourth-order valence-electron chi connectivity index (χ4n) is 5.32. The summed E-state index contributed by atoms with van der Waals surface area (Å²) in [5.74, 6) is 0.912. The molecule has 54 heavy (non-hydrogen) atoms. The molecule has 286 valence electrons. The van der Waals surface area contributed by atoms with E-state index < -0.39 is 0 Å². The molecule has 13 heteroatoms. The van der Waals surface area contributed by atoms with E-state index in [1.54, 1.807) is 73.7 Å². The Balaban J connectivity index is 1.32. The van der Waals surface area contributed by atoms with Crippen molar-refractivity contribution < 1.29 is 28.6 Å². The maximum atomic E-state index is 14.2. The molecule has 1 unspecified atom stereocenters. The minimum Gasteiger partial charge on any atom is -0.508 e. The molecule has 4 rings (SSSR count). The zero-order valence-corrected chi connectivity index (χ0v) is 31.1. The number of phenols is 1. The van der Waals surface area contributed by atoms with Crippen molar-refractivity contribution in [2.75, 3.05) is 56.7 Å². The molecule has 0 aromatic heterocycles. The molecule has 0 saturated heterocycles. The highest BCUT2D eigenvalue weighted by molar-refractivity contribution is 6.14. The van der Waals surface area contributed by atoms with Gasteiger partial charge in [-0.1, -0.05) is 44.2 Å². The lowest BCUT2D eigenvalue weighted by Crippen LogP contribution is -2.27. The molecule has 1 atom stereocenters. The van der Waals surface area contributed by atoms with E-state index in [2.05, 4.69) is 28.2 Å². The lowest BCUT2D eigenvalue weighted by atomic mass is 10.00. The van der Waals surface area contributed by atoms with Crippen LogP contribution in [0.1, 0.15) is 60.7 Å². The van der Waals surface area contributed by atoms with Gasteiger partial charge in [0, 0.05) is 53.5 Å². The van der Waals surface area contributed by atoms with Crippen LogP contribution in [0.5, 0.6) is 5.75 Å². The van der Waals surface area contributed by atoms with Crippen molar-refractivity contribution in [2.24, 2.45) is 20.9 Å². The van der Waals surface area contributed by atoms with Crippen molar-refractivity contribution in [1.82, 2.24) is 10.6 Å². The summed E-state index contributed by atoms with van der Waals surface area (Å²) in [4.78, 5) is 39.3. The van der Waals surface area contributed by atoms with Gasteiger partial charge in [0.1, 0.15) is 23.2 Å². The Bertz CT molecular complexity index is 1810. The molecule has 12 nitrogen and oxygen atoms in total. The second kappa shape index (κ2) is 22.4. The summed E-state index contributed by atoms with van der Waals surface area (Å²) in [7, 11) is 0. The van der Waals surface area contributed by atoms with Crippen LogP contribution < -0.4 is 21.3 Å². The number of amidine groups is 2. The van der Waals surface area contributed by atoms with Gasteiger partial charge in [-0.3, -0.25) is 14.6 Å². The minimum absolute atomic E-state index is 0.0448. The molecular formula is C41H50FN7O5. The van der Waals surface area contributed by atoms with Crippen molar-refractivity contribution in [3.8, 4) is 5.75 Å². The highest BCUT2D eigenvalue weighted by atomic mass is 19.1. The average molecular weight is 740 g/mol. The van der Waals surface area contributed by atoms with E-state index in [1.165, 1.54) is 6.08 Å². The van der Waals surface area contributed by atoms with Gasteiger partial charge in [-0.2, -0.15) is 9.98 Å². The monoisotopic (exact) mass is 739 g/mol. The van der Waals surface area contributed by atoms with Crippen LogP contribution in [0.2, 0.25) is 0 Å². The third kappa shape index (κ3) is 13.7. The van der Waals surface area contributed by atoms with Gasteiger partial charge < -0.3 is 35.8 Å². The van der Waals surface area contributed by atoms with Crippen molar-refractivity contribution in [3.63, 3.8) is 0 Å². The Morgan fingerprint density at radius 3 is 2.19 bits per heavy atom.